The minimum absolute atomic E-state index is 0.146. The van der Waals surface area contributed by atoms with Gasteiger partial charge in [-0.2, -0.15) is 0 Å². The van der Waals surface area contributed by atoms with E-state index in [0.29, 0.717) is 12.3 Å². The highest BCUT2D eigenvalue weighted by Gasteiger charge is 2.20. The van der Waals surface area contributed by atoms with E-state index in [1.54, 1.807) is 0 Å². The topological polar surface area (TPSA) is 46.3 Å². The molecule has 0 bridgehead atoms. The first-order valence-corrected chi connectivity index (χ1v) is 4.48. The summed E-state index contributed by atoms with van der Waals surface area (Å²) in [5, 5.41) is 9.06. The van der Waals surface area contributed by atoms with Crippen molar-refractivity contribution in [3.8, 4) is 0 Å². The molecule has 0 radical (unpaired) electrons. The Bertz CT molecular complexity index is 270. The van der Waals surface area contributed by atoms with Crippen LogP contribution in [0.2, 0.25) is 0 Å². The zero-order chi connectivity index (χ0) is 10.1. The predicted octanol–water partition coefficient (Wildman–Crippen LogP) is 1.85. The van der Waals surface area contributed by atoms with Gasteiger partial charge in [-0.1, -0.05) is 13.8 Å². The van der Waals surface area contributed by atoms with Gasteiger partial charge in [0.1, 0.15) is 5.76 Å². The molecule has 1 rings (SSSR count). The fraction of sp³-hybridized carbons (Fsp3) is 0.700. The minimum Gasteiger partial charge on any atom is -0.446 e. The van der Waals surface area contributed by atoms with Gasteiger partial charge >= 0.3 is 0 Å². The Morgan fingerprint density at radius 2 is 2.00 bits per heavy atom. The molecule has 0 saturated heterocycles. The third-order valence-corrected chi connectivity index (χ3v) is 2.13. The number of hydrogen-bond acceptors (Lipinski definition) is 3. The molecule has 0 atom stereocenters. The van der Waals surface area contributed by atoms with E-state index < -0.39 is 0 Å². The van der Waals surface area contributed by atoms with E-state index >= 15 is 0 Å². The van der Waals surface area contributed by atoms with Crippen LogP contribution >= 0.6 is 0 Å². The van der Waals surface area contributed by atoms with E-state index in [0.717, 1.165) is 11.5 Å². The molecular weight excluding hydrogens is 166 g/mol. The van der Waals surface area contributed by atoms with Gasteiger partial charge in [0, 0.05) is 13.0 Å². The maximum Gasteiger partial charge on any atom is 0.195 e. The van der Waals surface area contributed by atoms with Crippen molar-refractivity contribution in [1.82, 2.24) is 4.98 Å². The summed E-state index contributed by atoms with van der Waals surface area (Å²) >= 11 is 0. The number of rotatable bonds is 3. The van der Waals surface area contributed by atoms with E-state index in [9.17, 15) is 0 Å². The van der Waals surface area contributed by atoms with Crippen LogP contribution in [0.1, 0.15) is 31.2 Å². The molecule has 1 heterocycles. The Morgan fingerprint density at radius 3 is 2.38 bits per heavy atom. The molecule has 1 aromatic heterocycles. The van der Waals surface area contributed by atoms with Crippen molar-refractivity contribution >= 4 is 0 Å². The Kier molecular flexibility index (Phi) is 2.76. The summed E-state index contributed by atoms with van der Waals surface area (Å²) in [6.07, 6.45) is 0.679. The second kappa shape index (κ2) is 3.50. The normalized spacial score (nSPS) is 12.1. The molecule has 0 aromatic carbocycles. The summed E-state index contributed by atoms with van der Waals surface area (Å²) < 4.78 is 5.43. The fourth-order valence-corrected chi connectivity index (χ4v) is 1.08. The molecule has 0 fully saturated rings. The number of aromatic nitrogens is 1. The average molecular weight is 183 g/mol. The lowest BCUT2D eigenvalue weighted by molar-refractivity contribution is 0.151. The number of aliphatic hydroxyl groups excluding tert-OH is 1. The number of oxazole rings is 1. The smallest absolute Gasteiger partial charge is 0.195 e. The van der Waals surface area contributed by atoms with Gasteiger partial charge in [0.15, 0.2) is 5.89 Å². The van der Waals surface area contributed by atoms with Crippen LogP contribution in [0.3, 0.4) is 0 Å². The lowest BCUT2D eigenvalue weighted by Crippen LogP contribution is -2.19. The first-order chi connectivity index (χ1) is 5.94. The molecule has 13 heavy (non-hydrogen) atoms. The van der Waals surface area contributed by atoms with Gasteiger partial charge in [0.05, 0.1) is 5.69 Å². The van der Waals surface area contributed by atoms with E-state index in [1.807, 2.05) is 27.7 Å². The maximum absolute atomic E-state index is 9.06. The Morgan fingerprint density at radius 1 is 1.38 bits per heavy atom. The fourth-order valence-electron chi connectivity index (χ4n) is 1.08. The summed E-state index contributed by atoms with van der Waals surface area (Å²) in [7, 11) is 0. The lowest BCUT2D eigenvalue weighted by atomic mass is 9.91. The van der Waals surface area contributed by atoms with Crippen molar-refractivity contribution < 1.29 is 9.52 Å². The van der Waals surface area contributed by atoms with Crippen LogP contribution < -0.4 is 0 Å². The van der Waals surface area contributed by atoms with Crippen molar-refractivity contribution in [1.29, 1.82) is 0 Å². The van der Waals surface area contributed by atoms with Gasteiger partial charge in [0.2, 0.25) is 0 Å². The summed E-state index contributed by atoms with van der Waals surface area (Å²) in [6.45, 7) is 7.95. The number of aryl methyl sites for hydroxylation is 2. The summed E-state index contributed by atoms with van der Waals surface area (Å²) in [6, 6.07) is 0. The molecule has 3 heteroatoms. The van der Waals surface area contributed by atoms with E-state index in [2.05, 4.69) is 4.98 Å². The summed E-state index contributed by atoms with van der Waals surface area (Å²) in [5.74, 6) is 1.58. The van der Waals surface area contributed by atoms with Crippen LogP contribution in [0.5, 0.6) is 0 Å². The first-order valence-electron chi connectivity index (χ1n) is 4.48. The molecular formula is C10H17NO2. The SMILES string of the molecule is Cc1nc(CC(C)(C)CO)oc1C. The largest absolute Gasteiger partial charge is 0.446 e. The second-order valence-corrected chi connectivity index (χ2v) is 4.25. The molecule has 0 aliphatic heterocycles. The highest BCUT2D eigenvalue weighted by Crippen LogP contribution is 2.21. The van der Waals surface area contributed by atoms with Gasteiger partial charge in [-0.15, -0.1) is 0 Å². The van der Waals surface area contributed by atoms with Crippen LogP contribution in [0, 0.1) is 19.3 Å². The van der Waals surface area contributed by atoms with Gasteiger partial charge in [-0.25, -0.2) is 4.98 Å². The third-order valence-electron chi connectivity index (χ3n) is 2.13. The van der Waals surface area contributed by atoms with E-state index in [4.69, 9.17) is 9.52 Å². The summed E-state index contributed by atoms with van der Waals surface area (Å²) in [4.78, 5) is 4.27. The maximum atomic E-state index is 9.06. The van der Waals surface area contributed by atoms with Crippen LogP contribution in [0.25, 0.3) is 0 Å². The molecule has 1 aromatic rings. The quantitative estimate of drug-likeness (QED) is 0.778. The Hall–Kier alpha value is -0.830. The van der Waals surface area contributed by atoms with Gasteiger partial charge in [-0.05, 0) is 19.3 Å². The predicted molar refractivity (Wildman–Crippen MR) is 50.5 cm³/mol. The van der Waals surface area contributed by atoms with Crippen LogP contribution in [0.15, 0.2) is 4.42 Å². The second-order valence-electron chi connectivity index (χ2n) is 4.25. The first kappa shape index (κ1) is 10.3. The van der Waals surface area contributed by atoms with E-state index in [-0.39, 0.29) is 12.0 Å². The Balaban J connectivity index is 2.75. The van der Waals surface area contributed by atoms with Crippen molar-refractivity contribution in [3.05, 3.63) is 17.3 Å². The van der Waals surface area contributed by atoms with Crippen molar-refractivity contribution in [3.63, 3.8) is 0 Å². The molecule has 0 amide bonds. The summed E-state index contributed by atoms with van der Waals surface area (Å²) in [5.41, 5.74) is 0.785. The lowest BCUT2D eigenvalue weighted by Gasteiger charge is -2.18. The molecule has 0 spiro atoms. The van der Waals surface area contributed by atoms with Gasteiger partial charge in [-0.3, -0.25) is 0 Å². The monoisotopic (exact) mass is 183 g/mol. The standard InChI is InChI=1S/C10H17NO2/c1-7-8(2)13-9(11-7)5-10(3,4)6-12/h12H,5-6H2,1-4H3. The average Bonchev–Trinajstić information content (AvgIpc) is 2.30. The van der Waals surface area contributed by atoms with Crippen molar-refractivity contribution in [2.45, 2.75) is 34.1 Å². The zero-order valence-electron chi connectivity index (χ0n) is 8.72. The van der Waals surface area contributed by atoms with Crippen molar-refractivity contribution in [2.24, 2.45) is 5.41 Å². The molecule has 0 aliphatic rings. The molecule has 1 N–H and O–H groups in total. The number of nitrogens with zero attached hydrogens (tertiary/aromatic N) is 1. The third kappa shape index (κ3) is 2.56. The van der Waals surface area contributed by atoms with Crippen molar-refractivity contribution in [2.75, 3.05) is 6.61 Å². The van der Waals surface area contributed by atoms with Crippen LogP contribution in [0.4, 0.5) is 0 Å². The molecule has 74 valence electrons. The highest BCUT2D eigenvalue weighted by molar-refractivity contribution is 5.06. The van der Waals surface area contributed by atoms with Crippen LogP contribution in [-0.2, 0) is 6.42 Å². The number of hydrogen-bond donors (Lipinski definition) is 1. The van der Waals surface area contributed by atoms with Gasteiger partial charge < -0.3 is 9.52 Å². The minimum atomic E-state index is -0.149. The highest BCUT2D eigenvalue weighted by atomic mass is 16.4. The van der Waals surface area contributed by atoms with Crippen LogP contribution in [-0.4, -0.2) is 16.7 Å². The van der Waals surface area contributed by atoms with Gasteiger partial charge in [0.25, 0.3) is 0 Å². The number of aliphatic hydroxyl groups is 1. The molecule has 0 aliphatic carbocycles. The zero-order valence-corrected chi connectivity index (χ0v) is 8.72. The molecule has 3 nitrogen and oxygen atoms in total. The molecule has 0 unspecified atom stereocenters. The Labute approximate surface area is 78.8 Å². The van der Waals surface area contributed by atoms with E-state index in [1.165, 1.54) is 0 Å². The molecule has 0 saturated carbocycles.